The quantitative estimate of drug-likeness (QED) is 0.401. The fraction of sp³-hybridized carbons (Fsp3) is 0.545. The van der Waals surface area contributed by atoms with Crippen LogP contribution < -0.4 is 9.47 Å². The molecule has 0 unspecified atom stereocenters. The predicted octanol–water partition coefficient (Wildman–Crippen LogP) is 6.76. The van der Waals surface area contributed by atoms with Crippen LogP contribution in [0, 0.1) is 0 Å². The van der Waals surface area contributed by atoms with Gasteiger partial charge < -0.3 is 9.47 Å². The highest BCUT2D eigenvalue weighted by Crippen LogP contribution is 2.32. The van der Waals surface area contributed by atoms with Crippen molar-refractivity contribution in [1.82, 2.24) is 0 Å². The molecule has 0 saturated heterocycles. The Morgan fingerprint density at radius 2 is 1.04 bits per heavy atom. The third-order valence-corrected chi connectivity index (χ3v) is 4.35. The molecule has 0 aromatic heterocycles. The SMILES string of the molecule is CCCCCCOc1cccc2c(OCCCCCC)cccc12. The van der Waals surface area contributed by atoms with Crippen LogP contribution in [-0.2, 0) is 0 Å². The highest BCUT2D eigenvalue weighted by atomic mass is 16.5. The van der Waals surface area contributed by atoms with Crippen molar-refractivity contribution in [1.29, 1.82) is 0 Å². The van der Waals surface area contributed by atoms with E-state index in [4.69, 9.17) is 9.47 Å². The molecular formula is C22H32O2. The average molecular weight is 328 g/mol. The molecule has 2 rings (SSSR count). The van der Waals surface area contributed by atoms with Gasteiger partial charge in [-0.25, -0.2) is 0 Å². The lowest BCUT2D eigenvalue weighted by atomic mass is 10.1. The third-order valence-electron chi connectivity index (χ3n) is 4.35. The molecule has 0 bridgehead atoms. The number of hydrogen-bond donors (Lipinski definition) is 0. The lowest BCUT2D eigenvalue weighted by Gasteiger charge is -2.13. The van der Waals surface area contributed by atoms with Crippen LogP contribution in [-0.4, -0.2) is 13.2 Å². The van der Waals surface area contributed by atoms with E-state index in [1.807, 2.05) is 0 Å². The van der Waals surface area contributed by atoms with E-state index in [0.717, 1.165) is 48.3 Å². The summed E-state index contributed by atoms with van der Waals surface area (Å²) in [6.07, 6.45) is 9.82. The van der Waals surface area contributed by atoms with Crippen LogP contribution in [0.15, 0.2) is 36.4 Å². The Morgan fingerprint density at radius 1 is 0.583 bits per heavy atom. The molecular weight excluding hydrogens is 296 g/mol. The topological polar surface area (TPSA) is 18.5 Å². The van der Waals surface area contributed by atoms with E-state index in [0.29, 0.717) is 0 Å². The fourth-order valence-corrected chi connectivity index (χ4v) is 2.93. The van der Waals surface area contributed by atoms with Gasteiger partial charge in [0, 0.05) is 10.8 Å². The van der Waals surface area contributed by atoms with Gasteiger partial charge in [-0.3, -0.25) is 0 Å². The van der Waals surface area contributed by atoms with E-state index in [1.165, 1.54) is 38.5 Å². The Morgan fingerprint density at radius 3 is 1.46 bits per heavy atom. The maximum atomic E-state index is 6.02. The normalized spacial score (nSPS) is 10.9. The summed E-state index contributed by atoms with van der Waals surface area (Å²) in [5.41, 5.74) is 0. The molecule has 0 N–H and O–H groups in total. The smallest absolute Gasteiger partial charge is 0.127 e. The van der Waals surface area contributed by atoms with E-state index in [-0.39, 0.29) is 0 Å². The largest absolute Gasteiger partial charge is 0.493 e. The number of ether oxygens (including phenoxy) is 2. The minimum absolute atomic E-state index is 0.793. The summed E-state index contributed by atoms with van der Waals surface area (Å²) in [4.78, 5) is 0. The zero-order valence-corrected chi connectivity index (χ0v) is 15.4. The van der Waals surface area contributed by atoms with Crippen molar-refractivity contribution >= 4 is 10.8 Å². The van der Waals surface area contributed by atoms with Crippen LogP contribution in [0.1, 0.15) is 65.2 Å². The van der Waals surface area contributed by atoms with E-state index < -0.39 is 0 Å². The summed E-state index contributed by atoms with van der Waals surface area (Å²) >= 11 is 0. The monoisotopic (exact) mass is 328 g/mol. The van der Waals surface area contributed by atoms with E-state index in [1.54, 1.807) is 0 Å². The van der Waals surface area contributed by atoms with Gasteiger partial charge >= 0.3 is 0 Å². The van der Waals surface area contributed by atoms with Gasteiger partial charge in [-0.05, 0) is 25.0 Å². The molecule has 0 atom stereocenters. The van der Waals surface area contributed by atoms with Gasteiger partial charge in [0.2, 0.25) is 0 Å². The molecule has 0 saturated carbocycles. The van der Waals surface area contributed by atoms with Gasteiger partial charge in [-0.2, -0.15) is 0 Å². The molecule has 2 nitrogen and oxygen atoms in total. The van der Waals surface area contributed by atoms with Crippen molar-refractivity contribution in [3.05, 3.63) is 36.4 Å². The molecule has 24 heavy (non-hydrogen) atoms. The molecule has 0 fully saturated rings. The molecule has 0 radical (unpaired) electrons. The minimum Gasteiger partial charge on any atom is -0.493 e. The zero-order valence-electron chi connectivity index (χ0n) is 15.4. The molecule has 132 valence electrons. The Bertz CT molecular complexity index is 538. The molecule has 0 aliphatic carbocycles. The van der Waals surface area contributed by atoms with Crippen molar-refractivity contribution < 1.29 is 9.47 Å². The van der Waals surface area contributed by atoms with Crippen LogP contribution in [0.4, 0.5) is 0 Å². The predicted molar refractivity (Wildman–Crippen MR) is 103 cm³/mol. The van der Waals surface area contributed by atoms with Gasteiger partial charge in [-0.1, -0.05) is 76.6 Å². The molecule has 0 amide bonds. The van der Waals surface area contributed by atoms with Crippen LogP contribution >= 0.6 is 0 Å². The van der Waals surface area contributed by atoms with Crippen molar-refractivity contribution in [2.45, 2.75) is 65.2 Å². The van der Waals surface area contributed by atoms with Crippen LogP contribution in [0.25, 0.3) is 10.8 Å². The molecule has 2 heteroatoms. The Kier molecular flexibility index (Phi) is 8.51. The van der Waals surface area contributed by atoms with E-state index in [2.05, 4.69) is 50.2 Å². The number of hydrogen-bond acceptors (Lipinski definition) is 2. The summed E-state index contributed by atoms with van der Waals surface area (Å²) in [6, 6.07) is 12.5. The minimum atomic E-state index is 0.793. The first-order valence-electron chi connectivity index (χ1n) is 9.64. The summed E-state index contributed by atoms with van der Waals surface area (Å²) in [5.74, 6) is 1.95. The lowest BCUT2D eigenvalue weighted by molar-refractivity contribution is 0.305. The fourth-order valence-electron chi connectivity index (χ4n) is 2.93. The van der Waals surface area contributed by atoms with Gasteiger partial charge in [0.1, 0.15) is 11.5 Å². The second kappa shape index (κ2) is 11.0. The summed E-state index contributed by atoms with van der Waals surface area (Å²) < 4.78 is 12.0. The van der Waals surface area contributed by atoms with Crippen molar-refractivity contribution in [3.63, 3.8) is 0 Å². The third kappa shape index (κ3) is 5.74. The first-order valence-corrected chi connectivity index (χ1v) is 9.64. The maximum absolute atomic E-state index is 6.02. The highest BCUT2D eigenvalue weighted by molar-refractivity contribution is 5.93. The molecule has 0 aliphatic heterocycles. The Balaban J connectivity index is 1.97. The lowest BCUT2D eigenvalue weighted by Crippen LogP contribution is -2.00. The maximum Gasteiger partial charge on any atom is 0.127 e. The second-order valence-electron chi connectivity index (χ2n) is 6.43. The van der Waals surface area contributed by atoms with Crippen LogP contribution in [0.2, 0.25) is 0 Å². The average Bonchev–Trinajstić information content (AvgIpc) is 2.61. The summed E-state index contributed by atoms with van der Waals surface area (Å²) in [5, 5.41) is 2.30. The van der Waals surface area contributed by atoms with Gasteiger partial charge in [-0.15, -0.1) is 0 Å². The standard InChI is InChI=1S/C22H32O2/c1-3-5-7-9-17-23-21-15-11-14-20-19(21)13-12-16-22(20)24-18-10-8-6-4-2/h11-16H,3-10,17-18H2,1-2H3. The van der Waals surface area contributed by atoms with Gasteiger partial charge in [0.15, 0.2) is 0 Å². The first-order chi connectivity index (χ1) is 11.9. The Hall–Kier alpha value is -1.70. The molecule has 2 aromatic rings. The number of benzene rings is 2. The van der Waals surface area contributed by atoms with E-state index in [9.17, 15) is 0 Å². The van der Waals surface area contributed by atoms with Crippen molar-refractivity contribution in [3.8, 4) is 11.5 Å². The van der Waals surface area contributed by atoms with Crippen molar-refractivity contribution in [2.24, 2.45) is 0 Å². The first kappa shape index (κ1) is 18.6. The van der Waals surface area contributed by atoms with Crippen LogP contribution in [0.5, 0.6) is 11.5 Å². The zero-order chi connectivity index (χ0) is 17.0. The molecule has 0 heterocycles. The number of fused-ring (bicyclic) bond motifs is 1. The van der Waals surface area contributed by atoms with Crippen molar-refractivity contribution in [2.75, 3.05) is 13.2 Å². The molecule has 2 aromatic carbocycles. The number of unbranched alkanes of at least 4 members (excludes halogenated alkanes) is 6. The highest BCUT2D eigenvalue weighted by Gasteiger charge is 2.06. The van der Waals surface area contributed by atoms with E-state index >= 15 is 0 Å². The van der Waals surface area contributed by atoms with Gasteiger partial charge in [0.05, 0.1) is 13.2 Å². The van der Waals surface area contributed by atoms with Crippen LogP contribution in [0.3, 0.4) is 0 Å². The summed E-state index contributed by atoms with van der Waals surface area (Å²) in [7, 11) is 0. The number of rotatable bonds is 12. The second-order valence-corrected chi connectivity index (χ2v) is 6.43. The van der Waals surface area contributed by atoms with Gasteiger partial charge in [0.25, 0.3) is 0 Å². The summed E-state index contributed by atoms with van der Waals surface area (Å²) in [6.45, 7) is 6.05. The molecule has 0 aliphatic rings. The Labute approximate surface area is 147 Å². The molecule has 0 spiro atoms.